The van der Waals surface area contributed by atoms with E-state index in [2.05, 4.69) is 30.8 Å². The lowest BCUT2D eigenvalue weighted by Crippen LogP contribution is -2.30. The van der Waals surface area contributed by atoms with Crippen LogP contribution in [0, 0.1) is 17.8 Å². The third-order valence-corrected chi connectivity index (χ3v) is 5.48. The van der Waals surface area contributed by atoms with E-state index in [4.69, 9.17) is 0 Å². The Morgan fingerprint density at radius 3 is 1.90 bits per heavy atom. The molecular formula is C18H36N2. The van der Waals surface area contributed by atoms with Crippen LogP contribution in [0.15, 0.2) is 0 Å². The second kappa shape index (κ2) is 8.38. The van der Waals surface area contributed by atoms with Gasteiger partial charge in [0.05, 0.1) is 0 Å². The molecule has 0 radical (unpaired) electrons. The van der Waals surface area contributed by atoms with Gasteiger partial charge in [0.15, 0.2) is 0 Å². The molecule has 0 aliphatic carbocycles. The van der Waals surface area contributed by atoms with Gasteiger partial charge in [-0.15, -0.1) is 0 Å². The SMILES string of the molecule is CC1CC2CCCN(C)CCCC(CCCN(C)C1)C2. The zero-order valence-electron chi connectivity index (χ0n) is 14.1. The van der Waals surface area contributed by atoms with E-state index in [1.54, 1.807) is 0 Å². The number of hydrogen-bond donors (Lipinski definition) is 0. The zero-order valence-corrected chi connectivity index (χ0v) is 14.1. The lowest BCUT2D eigenvalue weighted by atomic mass is 9.80. The fourth-order valence-corrected chi connectivity index (χ4v) is 4.51. The average Bonchev–Trinajstić information content (AvgIpc) is 2.37. The van der Waals surface area contributed by atoms with Gasteiger partial charge in [0.1, 0.15) is 0 Å². The smallest absolute Gasteiger partial charge is 0.000407 e. The summed E-state index contributed by atoms with van der Waals surface area (Å²) >= 11 is 0. The minimum Gasteiger partial charge on any atom is -0.306 e. The van der Waals surface area contributed by atoms with Crippen LogP contribution in [0.25, 0.3) is 0 Å². The molecule has 2 heteroatoms. The topological polar surface area (TPSA) is 6.48 Å². The molecule has 2 aliphatic rings. The summed E-state index contributed by atoms with van der Waals surface area (Å²) in [7, 11) is 4.63. The van der Waals surface area contributed by atoms with Crippen LogP contribution >= 0.6 is 0 Å². The van der Waals surface area contributed by atoms with E-state index in [1.807, 2.05) is 0 Å². The Labute approximate surface area is 126 Å². The average molecular weight is 280 g/mol. The number of rotatable bonds is 0. The van der Waals surface area contributed by atoms with Gasteiger partial charge in [-0.05, 0) is 103 Å². The van der Waals surface area contributed by atoms with E-state index < -0.39 is 0 Å². The minimum absolute atomic E-state index is 0.879. The Bertz CT molecular complexity index is 264. The Morgan fingerprint density at radius 2 is 1.25 bits per heavy atom. The van der Waals surface area contributed by atoms with E-state index in [9.17, 15) is 0 Å². The van der Waals surface area contributed by atoms with Gasteiger partial charge in [-0.3, -0.25) is 0 Å². The van der Waals surface area contributed by atoms with Gasteiger partial charge in [0.25, 0.3) is 0 Å². The van der Waals surface area contributed by atoms with Gasteiger partial charge in [-0.2, -0.15) is 0 Å². The van der Waals surface area contributed by atoms with Crippen molar-refractivity contribution in [2.45, 2.75) is 58.3 Å². The maximum absolute atomic E-state index is 2.57. The first-order chi connectivity index (χ1) is 9.63. The van der Waals surface area contributed by atoms with Crippen molar-refractivity contribution in [3.63, 3.8) is 0 Å². The first-order valence-electron chi connectivity index (χ1n) is 9.00. The molecule has 0 aromatic carbocycles. The standard InChI is InChI=1S/C18H36N2/c1-16-13-18-9-6-11-19(2)10-4-7-17(14-18)8-5-12-20(3)15-16/h16-18H,4-15H2,1-3H3. The molecule has 2 aliphatic heterocycles. The second-order valence-electron chi connectivity index (χ2n) is 7.80. The summed E-state index contributed by atoms with van der Waals surface area (Å²) in [4.78, 5) is 5.13. The molecule has 0 aromatic rings. The first-order valence-corrected chi connectivity index (χ1v) is 9.00. The van der Waals surface area contributed by atoms with Crippen LogP contribution in [-0.4, -0.2) is 50.1 Å². The molecule has 118 valence electrons. The number of hydrogen-bond acceptors (Lipinski definition) is 2. The summed E-state index contributed by atoms with van der Waals surface area (Å²) in [5.74, 6) is 2.88. The Kier molecular flexibility index (Phi) is 6.83. The van der Waals surface area contributed by atoms with E-state index in [-0.39, 0.29) is 0 Å². The molecule has 0 aromatic heterocycles. The molecule has 0 spiro atoms. The van der Waals surface area contributed by atoms with Gasteiger partial charge in [0.2, 0.25) is 0 Å². The lowest BCUT2D eigenvalue weighted by Gasteiger charge is -2.32. The Morgan fingerprint density at radius 1 is 0.700 bits per heavy atom. The third kappa shape index (κ3) is 5.73. The van der Waals surface area contributed by atoms with Gasteiger partial charge in [-0.25, -0.2) is 0 Å². The molecule has 2 saturated heterocycles. The van der Waals surface area contributed by atoms with Crippen molar-refractivity contribution in [1.82, 2.24) is 9.80 Å². The highest BCUT2D eigenvalue weighted by molar-refractivity contribution is 4.75. The fourth-order valence-electron chi connectivity index (χ4n) is 4.51. The summed E-state index contributed by atoms with van der Waals surface area (Å²) in [6.07, 6.45) is 11.6. The van der Waals surface area contributed by atoms with Gasteiger partial charge in [-0.1, -0.05) is 6.92 Å². The van der Waals surface area contributed by atoms with Crippen molar-refractivity contribution >= 4 is 0 Å². The van der Waals surface area contributed by atoms with Crippen LogP contribution in [0.4, 0.5) is 0 Å². The zero-order chi connectivity index (χ0) is 14.4. The lowest BCUT2D eigenvalue weighted by molar-refractivity contribution is 0.182. The van der Waals surface area contributed by atoms with E-state index in [1.165, 1.54) is 77.5 Å². The van der Waals surface area contributed by atoms with Crippen LogP contribution in [0.1, 0.15) is 58.3 Å². The fraction of sp³-hybridized carbons (Fsp3) is 1.00. The highest BCUT2D eigenvalue weighted by atomic mass is 15.1. The van der Waals surface area contributed by atoms with E-state index in [0.29, 0.717) is 0 Å². The maximum atomic E-state index is 2.57. The molecule has 2 heterocycles. The largest absolute Gasteiger partial charge is 0.306 e. The van der Waals surface area contributed by atoms with Crippen molar-refractivity contribution in [2.24, 2.45) is 17.8 Å². The van der Waals surface area contributed by atoms with Gasteiger partial charge in [0, 0.05) is 6.54 Å². The summed E-state index contributed by atoms with van der Waals surface area (Å²) in [6, 6.07) is 0. The van der Waals surface area contributed by atoms with E-state index in [0.717, 1.165) is 17.8 Å². The van der Waals surface area contributed by atoms with Crippen molar-refractivity contribution in [2.75, 3.05) is 40.3 Å². The van der Waals surface area contributed by atoms with Crippen LogP contribution in [0.5, 0.6) is 0 Å². The summed E-state index contributed by atoms with van der Waals surface area (Å²) < 4.78 is 0. The van der Waals surface area contributed by atoms with Crippen LogP contribution in [0.2, 0.25) is 0 Å². The monoisotopic (exact) mass is 280 g/mol. The minimum atomic E-state index is 0.879. The van der Waals surface area contributed by atoms with Crippen LogP contribution in [-0.2, 0) is 0 Å². The highest BCUT2D eigenvalue weighted by Crippen LogP contribution is 2.31. The molecule has 0 amide bonds. The molecule has 0 saturated carbocycles. The predicted molar refractivity (Wildman–Crippen MR) is 88.1 cm³/mol. The van der Waals surface area contributed by atoms with Crippen LogP contribution < -0.4 is 0 Å². The number of fused-ring (bicyclic) bond motifs is 2. The molecule has 2 bridgehead atoms. The van der Waals surface area contributed by atoms with Gasteiger partial charge >= 0.3 is 0 Å². The van der Waals surface area contributed by atoms with Gasteiger partial charge < -0.3 is 9.80 Å². The predicted octanol–water partition coefficient (Wildman–Crippen LogP) is 3.87. The summed E-state index contributed by atoms with van der Waals surface area (Å²) in [6.45, 7) is 7.72. The second-order valence-corrected chi connectivity index (χ2v) is 7.80. The molecule has 2 rings (SSSR count). The Hall–Kier alpha value is -0.0800. The van der Waals surface area contributed by atoms with Crippen molar-refractivity contribution < 1.29 is 0 Å². The molecule has 3 atom stereocenters. The highest BCUT2D eigenvalue weighted by Gasteiger charge is 2.22. The molecule has 0 N–H and O–H groups in total. The summed E-state index contributed by atoms with van der Waals surface area (Å²) in [5.41, 5.74) is 0. The molecular weight excluding hydrogens is 244 g/mol. The number of nitrogens with zero attached hydrogens (tertiary/aromatic N) is 2. The summed E-state index contributed by atoms with van der Waals surface area (Å²) in [5, 5.41) is 0. The Balaban J connectivity index is 1.97. The van der Waals surface area contributed by atoms with Crippen molar-refractivity contribution in [1.29, 1.82) is 0 Å². The molecule has 2 fully saturated rings. The van der Waals surface area contributed by atoms with Crippen molar-refractivity contribution in [3.05, 3.63) is 0 Å². The molecule has 20 heavy (non-hydrogen) atoms. The van der Waals surface area contributed by atoms with Crippen LogP contribution in [0.3, 0.4) is 0 Å². The first kappa shape index (κ1) is 16.3. The quantitative estimate of drug-likeness (QED) is 0.665. The maximum Gasteiger partial charge on any atom is 0.000407 e. The van der Waals surface area contributed by atoms with E-state index >= 15 is 0 Å². The third-order valence-electron chi connectivity index (χ3n) is 5.48. The molecule has 2 nitrogen and oxygen atoms in total. The molecule has 3 unspecified atom stereocenters. The van der Waals surface area contributed by atoms with Crippen molar-refractivity contribution in [3.8, 4) is 0 Å². The normalized spacial score (nSPS) is 36.5.